The summed E-state index contributed by atoms with van der Waals surface area (Å²) in [6.45, 7) is 0. The molecule has 0 aliphatic heterocycles. The first-order valence-electron chi connectivity index (χ1n) is 3.40. The van der Waals surface area contributed by atoms with Crippen LogP contribution in [0.1, 0.15) is 10.5 Å². The molecule has 0 bridgehead atoms. The van der Waals surface area contributed by atoms with Gasteiger partial charge in [0.2, 0.25) is 0 Å². The molecule has 2 N–H and O–H groups in total. The van der Waals surface area contributed by atoms with Crippen LogP contribution in [0.4, 0.5) is 0 Å². The molecular formula is C8H7NO5. The number of carboxylic acid groups (broad SMARTS) is 2. The first-order chi connectivity index (χ1) is 6.57. The number of aldehydes is 1. The van der Waals surface area contributed by atoms with Gasteiger partial charge in [0.1, 0.15) is 5.69 Å². The zero-order chi connectivity index (χ0) is 11.0. The zero-order valence-corrected chi connectivity index (χ0v) is 6.95. The summed E-state index contributed by atoms with van der Waals surface area (Å²) in [5.74, 6) is -3.65. The molecule has 0 spiro atoms. The normalized spacial score (nSPS) is 8.00. The SMILES string of the molecule is O=C(O)C(=O)O.O=Cc1ccccn1. The van der Waals surface area contributed by atoms with Gasteiger partial charge >= 0.3 is 11.9 Å². The van der Waals surface area contributed by atoms with E-state index in [2.05, 4.69) is 4.98 Å². The van der Waals surface area contributed by atoms with Crippen molar-refractivity contribution in [1.29, 1.82) is 0 Å². The van der Waals surface area contributed by atoms with E-state index in [-0.39, 0.29) is 0 Å². The number of hydrogen-bond donors (Lipinski definition) is 2. The molecule has 74 valence electrons. The Bertz CT molecular complexity index is 310. The summed E-state index contributed by atoms with van der Waals surface area (Å²) in [6, 6.07) is 5.21. The standard InChI is InChI=1S/C6H5NO.C2H2O4/c8-5-6-3-1-2-4-7-6;3-1(4)2(5)6/h1-5H;(H,3,4)(H,5,6). The van der Waals surface area contributed by atoms with Crippen molar-refractivity contribution in [3.8, 4) is 0 Å². The first kappa shape index (κ1) is 11.8. The van der Waals surface area contributed by atoms with E-state index in [1.54, 1.807) is 24.4 Å². The van der Waals surface area contributed by atoms with Crippen LogP contribution in [0.2, 0.25) is 0 Å². The number of aromatic nitrogens is 1. The van der Waals surface area contributed by atoms with Crippen LogP contribution in [0.3, 0.4) is 0 Å². The highest BCUT2D eigenvalue weighted by Crippen LogP contribution is 1.85. The summed E-state index contributed by atoms with van der Waals surface area (Å²) in [5.41, 5.74) is 0.479. The molecule has 6 nitrogen and oxygen atoms in total. The third kappa shape index (κ3) is 5.42. The van der Waals surface area contributed by atoms with E-state index in [9.17, 15) is 4.79 Å². The van der Waals surface area contributed by atoms with Crippen LogP contribution < -0.4 is 0 Å². The molecule has 1 heterocycles. The minimum Gasteiger partial charge on any atom is -0.473 e. The minimum absolute atomic E-state index is 0.479. The highest BCUT2D eigenvalue weighted by Gasteiger charge is 2.04. The van der Waals surface area contributed by atoms with E-state index in [1.165, 1.54) is 0 Å². The van der Waals surface area contributed by atoms with Gasteiger partial charge in [0.05, 0.1) is 0 Å². The number of carbonyl (C=O) groups excluding carboxylic acids is 1. The second-order valence-corrected chi connectivity index (χ2v) is 1.98. The van der Waals surface area contributed by atoms with Crippen molar-refractivity contribution in [2.45, 2.75) is 0 Å². The third-order valence-corrected chi connectivity index (χ3v) is 0.991. The van der Waals surface area contributed by atoms with Gasteiger partial charge in [-0.25, -0.2) is 9.59 Å². The molecule has 0 fully saturated rings. The topological polar surface area (TPSA) is 105 Å². The Hall–Kier alpha value is -2.24. The molecule has 0 unspecified atom stereocenters. The summed E-state index contributed by atoms with van der Waals surface area (Å²) >= 11 is 0. The van der Waals surface area contributed by atoms with Crippen LogP contribution in [0.5, 0.6) is 0 Å². The summed E-state index contributed by atoms with van der Waals surface area (Å²) in [7, 11) is 0. The molecule has 0 radical (unpaired) electrons. The molecule has 1 aromatic rings. The lowest BCUT2D eigenvalue weighted by molar-refractivity contribution is -0.159. The number of carbonyl (C=O) groups is 3. The Morgan fingerprint density at radius 2 is 1.79 bits per heavy atom. The molecular weight excluding hydrogens is 190 g/mol. The van der Waals surface area contributed by atoms with Crippen LogP contribution in [-0.2, 0) is 9.59 Å². The van der Waals surface area contributed by atoms with Crippen molar-refractivity contribution in [3.05, 3.63) is 30.1 Å². The van der Waals surface area contributed by atoms with Crippen LogP contribution >= 0.6 is 0 Å². The van der Waals surface area contributed by atoms with Gasteiger partial charge in [-0.15, -0.1) is 0 Å². The van der Waals surface area contributed by atoms with Gasteiger partial charge in [-0.1, -0.05) is 6.07 Å². The monoisotopic (exact) mass is 197 g/mol. The molecule has 0 amide bonds. The molecule has 0 atom stereocenters. The highest BCUT2D eigenvalue weighted by atomic mass is 16.4. The predicted octanol–water partition coefficient (Wildman–Crippen LogP) is 0.0497. The van der Waals surface area contributed by atoms with E-state index < -0.39 is 11.9 Å². The molecule has 1 rings (SSSR count). The number of carboxylic acids is 2. The van der Waals surface area contributed by atoms with Crippen molar-refractivity contribution >= 4 is 18.2 Å². The number of pyridine rings is 1. The maximum Gasteiger partial charge on any atom is 0.414 e. The molecule has 0 aliphatic rings. The van der Waals surface area contributed by atoms with E-state index in [0.717, 1.165) is 6.29 Å². The minimum atomic E-state index is -1.82. The average Bonchev–Trinajstić information content (AvgIpc) is 2.20. The maximum absolute atomic E-state index is 9.94. The van der Waals surface area contributed by atoms with Crippen LogP contribution in [0, 0.1) is 0 Å². The fraction of sp³-hybridized carbons (Fsp3) is 0. The lowest BCUT2D eigenvalue weighted by Gasteiger charge is -1.81. The van der Waals surface area contributed by atoms with Crippen LogP contribution in [-0.4, -0.2) is 33.4 Å². The van der Waals surface area contributed by atoms with Crippen molar-refractivity contribution in [2.24, 2.45) is 0 Å². The van der Waals surface area contributed by atoms with E-state index in [4.69, 9.17) is 19.8 Å². The Morgan fingerprint density at radius 1 is 1.21 bits per heavy atom. The molecule has 14 heavy (non-hydrogen) atoms. The Kier molecular flexibility index (Phi) is 5.29. The first-order valence-corrected chi connectivity index (χ1v) is 3.40. The summed E-state index contributed by atoms with van der Waals surface area (Å²) in [6.07, 6.45) is 2.31. The van der Waals surface area contributed by atoms with Crippen molar-refractivity contribution in [1.82, 2.24) is 4.98 Å². The zero-order valence-electron chi connectivity index (χ0n) is 6.95. The molecule has 1 aromatic heterocycles. The highest BCUT2D eigenvalue weighted by molar-refractivity contribution is 6.27. The number of rotatable bonds is 1. The van der Waals surface area contributed by atoms with Crippen LogP contribution in [0.15, 0.2) is 24.4 Å². The fourth-order valence-electron chi connectivity index (χ4n) is 0.446. The predicted molar refractivity (Wildman–Crippen MR) is 44.9 cm³/mol. The molecule has 0 saturated carbocycles. The van der Waals surface area contributed by atoms with Gasteiger partial charge < -0.3 is 10.2 Å². The van der Waals surface area contributed by atoms with E-state index in [1.807, 2.05) is 0 Å². The maximum atomic E-state index is 9.94. The van der Waals surface area contributed by atoms with Crippen molar-refractivity contribution < 1.29 is 24.6 Å². The second kappa shape index (κ2) is 6.30. The van der Waals surface area contributed by atoms with Crippen molar-refractivity contribution in [3.63, 3.8) is 0 Å². The van der Waals surface area contributed by atoms with Crippen molar-refractivity contribution in [2.75, 3.05) is 0 Å². The lowest BCUT2D eigenvalue weighted by atomic mass is 10.4. The van der Waals surface area contributed by atoms with Gasteiger partial charge in [-0.05, 0) is 12.1 Å². The fourth-order valence-corrected chi connectivity index (χ4v) is 0.446. The molecule has 0 aliphatic carbocycles. The number of aliphatic carboxylic acids is 2. The Balaban J connectivity index is 0.000000255. The summed E-state index contributed by atoms with van der Waals surface area (Å²) in [5, 5.41) is 14.8. The third-order valence-electron chi connectivity index (χ3n) is 0.991. The lowest BCUT2D eigenvalue weighted by Crippen LogP contribution is -2.09. The average molecular weight is 197 g/mol. The van der Waals surface area contributed by atoms with E-state index in [0.29, 0.717) is 5.69 Å². The van der Waals surface area contributed by atoms with Gasteiger partial charge in [0.15, 0.2) is 6.29 Å². The molecule has 0 saturated heterocycles. The van der Waals surface area contributed by atoms with Gasteiger partial charge in [0.25, 0.3) is 0 Å². The number of hydrogen-bond acceptors (Lipinski definition) is 4. The molecule has 0 aromatic carbocycles. The smallest absolute Gasteiger partial charge is 0.414 e. The Labute approximate surface area is 78.8 Å². The van der Waals surface area contributed by atoms with Gasteiger partial charge in [-0.2, -0.15) is 0 Å². The second-order valence-electron chi connectivity index (χ2n) is 1.98. The molecule has 6 heteroatoms. The Morgan fingerprint density at radius 3 is 2.00 bits per heavy atom. The summed E-state index contributed by atoms with van der Waals surface area (Å²) < 4.78 is 0. The van der Waals surface area contributed by atoms with Gasteiger partial charge in [0, 0.05) is 6.20 Å². The largest absolute Gasteiger partial charge is 0.473 e. The number of nitrogens with zero attached hydrogens (tertiary/aromatic N) is 1. The summed E-state index contributed by atoms with van der Waals surface area (Å²) in [4.78, 5) is 31.9. The van der Waals surface area contributed by atoms with Gasteiger partial charge in [-0.3, -0.25) is 9.78 Å². The quantitative estimate of drug-likeness (QED) is 0.486. The van der Waals surface area contributed by atoms with E-state index >= 15 is 0 Å². The van der Waals surface area contributed by atoms with Crippen LogP contribution in [0.25, 0.3) is 0 Å².